The number of rotatable bonds is 9. The van der Waals surface area contributed by atoms with Crippen LogP contribution in [0.25, 0.3) is 0 Å². The number of carbonyl (C=O) groups excluding carboxylic acids is 1. The molecule has 0 heterocycles. The van der Waals surface area contributed by atoms with Gasteiger partial charge in [0.1, 0.15) is 0 Å². The third-order valence-corrected chi connectivity index (χ3v) is 7.67. The highest BCUT2D eigenvalue weighted by atomic mass is 32.2. The molecule has 0 aliphatic rings. The second-order valence-electron chi connectivity index (χ2n) is 8.85. The fourth-order valence-corrected chi connectivity index (χ4v) is 5.34. The molecule has 0 atom stereocenters. The Balaban J connectivity index is 1.65. The summed E-state index contributed by atoms with van der Waals surface area (Å²) in [6.07, 6.45) is 1.56. The van der Waals surface area contributed by atoms with E-state index >= 15 is 0 Å². The molecule has 0 spiro atoms. The highest BCUT2D eigenvalue weighted by Gasteiger charge is 2.28. The largest absolute Gasteiger partial charge is 0.273 e. The number of hydrogen-bond acceptors (Lipinski definition) is 4. The Labute approximate surface area is 218 Å². The van der Waals surface area contributed by atoms with E-state index in [0.717, 1.165) is 11.1 Å². The molecule has 0 fully saturated rings. The number of nitrogens with one attached hydrogen (secondary N) is 1. The van der Waals surface area contributed by atoms with E-state index in [1.165, 1.54) is 9.87 Å². The van der Waals surface area contributed by atoms with Crippen molar-refractivity contribution in [3.63, 3.8) is 0 Å². The van der Waals surface area contributed by atoms with Crippen LogP contribution in [0, 0.1) is 0 Å². The molecule has 188 valence electrons. The summed E-state index contributed by atoms with van der Waals surface area (Å²) in [5, 5.41) is 4.10. The van der Waals surface area contributed by atoms with Crippen molar-refractivity contribution in [2.75, 3.05) is 4.31 Å². The van der Waals surface area contributed by atoms with E-state index in [9.17, 15) is 13.2 Å². The fraction of sp³-hybridized carbons (Fsp3) is 0.133. The smallest absolute Gasteiger partial charge is 0.267 e. The van der Waals surface area contributed by atoms with Gasteiger partial charge in [-0.05, 0) is 46.9 Å². The van der Waals surface area contributed by atoms with Crippen molar-refractivity contribution in [2.24, 2.45) is 5.10 Å². The molecule has 4 aromatic carbocycles. The summed E-state index contributed by atoms with van der Waals surface area (Å²) in [5.41, 5.74) is 5.86. The van der Waals surface area contributed by atoms with E-state index in [4.69, 9.17) is 0 Å². The number of anilines is 1. The molecule has 0 aliphatic heterocycles. The van der Waals surface area contributed by atoms with Gasteiger partial charge in [0.2, 0.25) is 0 Å². The number of amides is 1. The minimum absolute atomic E-state index is 0.0633. The molecule has 0 saturated heterocycles. The number of hydrogen-bond donors (Lipinski definition) is 1. The molecule has 1 amide bonds. The molecule has 4 rings (SSSR count). The maximum atomic E-state index is 13.8. The normalized spacial score (nSPS) is 11.5. The van der Waals surface area contributed by atoms with E-state index < -0.39 is 15.9 Å². The van der Waals surface area contributed by atoms with Gasteiger partial charge in [0.15, 0.2) is 0 Å². The molecule has 0 aromatic heterocycles. The van der Waals surface area contributed by atoms with Crippen molar-refractivity contribution in [3.8, 4) is 0 Å². The predicted octanol–water partition coefficient (Wildman–Crippen LogP) is 5.97. The minimum Gasteiger partial charge on any atom is -0.267 e. The average Bonchev–Trinajstić information content (AvgIpc) is 2.93. The van der Waals surface area contributed by atoms with Crippen molar-refractivity contribution in [2.45, 2.75) is 31.2 Å². The summed E-state index contributed by atoms with van der Waals surface area (Å²) in [6.45, 7) is 4.31. The first kappa shape index (κ1) is 25.9. The molecular formula is C30H29N3O3S. The van der Waals surface area contributed by atoms with Gasteiger partial charge in [-0.15, -0.1) is 0 Å². The van der Waals surface area contributed by atoms with Crippen LogP contribution in [0.1, 0.15) is 46.8 Å². The predicted molar refractivity (Wildman–Crippen MR) is 148 cm³/mol. The van der Waals surface area contributed by atoms with E-state index in [1.807, 2.05) is 54.6 Å². The van der Waals surface area contributed by atoms with Gasteiger partial charge in [0, 0.05) is 0 Å². The average molecular weight is 512 g/mol. The minimum atomic E-state index is -3.97. The highest BCUT2D eigenvalue weighted by Crippen LogP contribution is 2.29. The summed E-state index contributed by atoms with van der Waals surface area (Å²) in [5.74, 6) is -0.0832. The lowest BCUT2D eigenvalue weighted by Crippen LogP contribution is -2.33. The number of benzene rings is 4. The van der Waals surface area contributed by atoms with Gasteiger partial charge in [-0.3, -0.25) is 9.10 Å². The highest BCUT2D eigenvalue weighted by molar-refractivity contribution is 7.92. The van der Waals surface area contributed by atoms with Crippen LogP contribution in [0.5, 0.6) is 0 Å². The summed E-state index contributed by atoms with van der Waals surface area (Å²) >= 11 is 0. The van der Waals surface area contributed by atoms with Crippen LogP contribution < -0.4 is 9.73 Å². The Hall–Kier alpha value is -4.23. The van der Waals surface area contributed by atoms with Crippen molar-refractivity contribution in [1.29, 1.82) is 0 Å². The van der Waals surface area contributed by atoms with Gasteiger partial charge in [-0.25, -0.2) is 13.8 Å². The number of sulfonamides is 1. The molecule has 1 N–H and O–H groups in total. The van der Waals surface area contributed by atoms with Crippen LogP contribution in [0.3, 0.4) is 0 Å². The number of hydrazone groups is 1. The topological polar surface area (TPSA) is 78.8 Å². The fourth-order valence-electron chi connectivity index (χ4n) is 3.84. The monoisotopic (exact) mass is 511 g/mol. The van der Waals surface area contributed by atoms with Crippen LogP contribution in [0.4, 0.5) is 5.69 Å². The lowest BCUT2D eigenvalue weighted by molar-refractivity contribution is 0.0955. The Kier molecular flexibility index (Phi) is 8.15. The second kappa shape index (κ2) is 11.7. The maximum absolute atomic E-state index is 13.8. The molecule has 6 nitrogen and oxygen atoms in total. The molecule has 7 heteroatoms. The molecule has 4 aromatic rings. The Morgan fingerprint density at radius 1 is 0.838 bits per heavy atom. The quantitative estimate of drug-likeness (QED) is 0.222. The van der Waals surface area contributed by atoms with Crippen molar-refractivity contribution >= 4 is 27.8 Å². The lowest BCUT2D eigenvalue weighted by Gasteiger charge is -2.26. The first-order valence-electron chi connectivity index (χ1n) is 12.0. The standard InChI is InChI=1S/C30H29N3O3S/c1-23(2)26-19-17-24(18-20-26)21-31-32-30(34)28-15-9-10-16-29(28)33(22-25-11-5-3-6-12-25)37(35,36)27-13-7-4-8-14-27/h3-21,23H,22H2,1-2H3,(H,32,34)/b31-21-. The van der Waals surface area contributed by atoms with Crippen LogP contribution in [0.2, 0.25) is 0 Å². The summed E-state index contributed by atoms with van der Waals surface area (Å²) in [6, 6.07) is 32.0. The first-order chi connectivity index (χ1) is 17.9. The van der Waals surface area contributed by atoms with Gasteiger partial charge in [0.05, 0.1) is 28.9 Å². The zero-order valence-electron chi connectivity index (χ0n) is 20.8. The Morgan fingerprint density at radius 3 is 2.08 bits per heavy atom. The van der Waals surface area contributed by atoms with Crippen molar-refractivity contribution in [1.82, 2.24) is 5.43 Å². The van der Waals surface area contributed by atoms with Crippen LogP contribution in [-0.4, -0.2) is 20.5 Å². The van der Waals surface area contributed by atoms with Crippen LogP contribution in [0.15, 0.2) is 119 Å². The Bertz CT molecular complexity index is 1470. The molecule has 0 unspecified atom stereocenters. The maximum Gasteiger partial charge on any atom is 0.273 e. The van der Waals surface area contributed by atoms with Gasteiger partial charge >= 0.3 is 0 Å². The molecule has 0 bridgehead atoms. The van der Waals surface area contributed by atoms with Crippen molar-refractivity contribution < 1.29 is 13.2 Å². The zero-order chi connectivity index (χ0) is 26.3. The molecule has 37 heavy (non-hydrogen) atoms. The van der Waals surface area contributed by atoms with E-state index in [2.05, 4.69) is 24.4 Å². The number of nitrogens with zero attached hydrogens (tertiary/aromatic N) is 2. The zero-order valence-corrected chi connectivity index (χ0v) is 21.6. The Morgan fingerprint density at radius 2 is 1.43 bits per heavy atom. The molecule has 0 saturated carbocycles. The lowest BCUT2D eigenvalue weighted by atomic mass is 10.0. The second-order valence-corrected chi connectivity index (χ2v) is 10.7. The van der Waals surface area contributed by atoms with E-state index in [1.54, 1.807) is 60.8 Å². The van der Waals surface area contributed by atoms with Crippen LogP contribution in [-0.2, 0) is 16.6 Å². The summed E-state index contributed by atoms with van der Waals surface area (Å²) < 4.78 is 28.8. The van der Waals surface area contributed by atoms with Gasteiger partial charge in [0.25, 0.3) is 15.9 Å². The number of para-hydroxylation sites is 1. The van der Waals surface area contributed by atoms with Crippen molar-refractivity contribution in [3.05, 3.63) is 131 Å². The van der Waals surface area contributed by atoms with Gasteiger partial charge in [-0.2, -0.15) is 5.10 Å². The third kappa shape index (κ3) is 6.32. The first-order valence-corrected chi connectivity index (χ1v) is 13.4. The SMILES string of the molecule is CC(C)c1ccc(/C=N\NC(=O)c2ccccc2N(Cc2ccccc2)S(=O)(=O)c2ccccc2)cc1. The molecular weight excluding hydrogens is 482 g/mol. The van der Waals surface area contributed by atoms with Crippen LogP contribution >= 0.6 is 0 Å². The van der Waals surface area contributed by atoms with E-state index in [0.29, 0.717) is 5.92 Å². The molecule has 0 aliphatic carbocycles. The van der Waals surface area contributed by atoms with Gasteiger partial charge in [-0.1, -0.05) is 98.8 Å². The summed E-state index contributed by atoms with van der Waals surface area (Å²) in [4.78, 5) is 13.3. The molecule has 0 radical (unpaired) electrons. The third-order valence-electron chi connectivity index (χ3n) is 5.90. The number of carbonyl (C=O) groups is 1. The summed E-state index contributed by atoms with van der Waals surface area (Å²) in [7, 11) is -3.97. The van der Waals surface area contributed by atoms with E-state index in [-0.39, 0.29) is 22.7 Å². The van der Waals surface area contributed by atoms with Gasteiger partial charge < -0.3 is 0 Å².